The monoisotopic (exact) mass is 618 g/mol. The van der Waals surface area contributed by atoms with E-state index in [1.54, 1.807) is 47.6 Å². The zero-order valence-corrected chi connectivity index (χ0v) is 27.8. The molecular formula is C32H50N4O8. The third kappa shape index (κ3) is 10.3. The van der Waals surface area contributed by atoms with Gasteiger partial charge in [0.1, 0.15) is 34.5 Å². The number of amidine groups is 1. The Morgan fingerprint density at radius 2 is 1.50 bits per heavy atom. The number of aliphatic imine (C=N–C) groups is 1. The highest BCUT2D eigenvalue weighted by Gasteiger charge is 2.50. The Hall–Kier alpha value is -3.54. The minimum atomic E-state index is -1.67. The van der Waals surface area contributed by atoms with Crippen LogP contribution >= 0.6 is 0 Å². The van der Waals surface area contributed by atoms with E-state index in [2.05, 4.69) is 10.8 Å². The van der Waals surface area contributed by atoms with Crippen LogP contribution in [0.3, 0.4) is 0 Å². The lowest BCUT2D eigenvalue weighted by atomic mass is 9.80. The molecule has 2 atom stereocenters. The van der Waals surface area contributed by atoms with Crippen molar-refractivity contribution in [1.29, 1.82) is 0 Å². The van der Waals surface area contributed by atoms with E-state index >= 15 is 0 Å². The molecule has 1 aliphatic carbocycles. The normalized spacial score (nSPS) is 21.9. The number of nitrogens with zero attached hydrogens (tertiary/aromatic N) is 1. The molecule has 0 bridgehead atoms. The molecule has 1 aromatic carbocycles. The van der Waals surface area contributed by atoms with Gasteiger partial charge in [-0.1, -0.05) is 0 Å². The molecule has 0 aromatic heterocycles. The van der Waals surface area contributed by atoms with E-state index in [0.29, 0.717) is 36.9 Å². The summed E-state index contributed by atoms with van der Waals surface area (Å²) in [5.41, 5.74) is 6.56. The number of ether oxygens (including phenoxy) is 4. The van der Waals surface area contributed by atoms with Crippen molar-refractivity contribution in [1.82, 2.24) is 10.8 Å². The highest BCUT2D eigenvalue weighted by molar-refractivity contribution is 5.98. The number of nitrogens with one attached hydrogen (secondary N) is 2. The molecule has 12 nitrogen and oxygen atoms in total. The van der Waals surface area contributed by atoms with Gasteiger partial charge in [-0.2, -0.15) is 5.48 Å². The summed E-state index contributed by atoms with van der Waals surface area (Å²) < 4.78 is 22.4. The largest absolute Gasteiger partial charge is 0.486 e. The summed E-state index contributed by atoms with van der Waals surface area (Å²) in [5.74, 6) is 0.652. The van der Waals surface area contributed by atoms with Crippen molar-refractivity contribution in [3.8, 4) is 5.75 Å². The number of alkyl carbamates (subject to hydrolysis) is 1. The van der Waals surface area contributed by atoms with Gasteiger partial charge in [-0.15, -0.1) is 0 Å². The quantitative estimate of drug-likeness (QED) is 0.120. The molecule has 246 valence electrons. The van der Waals surface area contributed by atoms with Gasteiger partial charge in [-0.25, -0.2) is 19.2 Å². The van der Waals surface area contributed by atoms with Crippen LogP contribution in [0, 0.1) is 5.92 Å². The molecule has 2 amide bonds. The van der Waals surface area contributed by atoms with Gasteiger partial charge in [0.15, 0.2) is 0 Å². The van der Waals surface area contributed by atoms with Crippen LogP contribution in [0.15, 0.2) is 23.2 Å². The summed E-state index contributed by atoms with van der Waals surface area (Å²) in [6.45, 7) is 18.0. The fourth-order valence-corrected chi connectivity index (χ4v) is 4.79. The van der Waals surface area contributed by atoms with Crippen molar-refractivity contribution < 1.29 is 38.2 Å². The summed E-state index contributed by atoms with van der Waals surface area (Å²) in [5, 5.41) is 2.82. The molecule has 0 unspecified atom stereocenters. The van der Waals surface area contributed by atoms with Gasteiger partial charge in [-0.3, -0.25) is 4.99 Å². The Balaban J connectivity index is 1.64. The minimum Gasteiger partial charge on any atom is -0.486 e. The lowest BCUT2D eigenvalue weighted by Gasteiger charge is -2.39. The summed E-state index contributed by atoms with van der Waals surface area (Å²) in [6.07, 6.45) is 0.614. The Morgan fingerprint density at radius 3 is 2.09 bits per heavy atom. The van der Waals surface area contributed by atoms with Gasteiger partial charge in [0.05, 0.1) is 6.04 Å². The summed E-state index contributed by atoms with van der Waals surface area (Å²) in [4.78, 5) is 47.9. The van der Waals surface area contributed by atoms with Crippen molar-refractivity contribution in [3.63, 3.8) is 0 Å². The second kappa shape index (κ2) is 13.2. The van der Waals surface area contributed by atoms with E-state index in [1.807, 2.05) is 32.9 Å². The Kier molecular flexibility index (Phi) is 10.5. The lowest BCUT2D eigenvalue weighted by Crippen LogP contribution is -2.58. The Labute approximate surface area is 260 Å². The van der Waals surface area contributed by atoms with Crippen LogP contribution in [0.5, 0.6) is 5.75 Å². The number of aryl methyl sites for hydroxylation is 1. The van der Waals surface area contributed by atoms with Gasteiger partial charge in [0.2, 0.25) is 5.60 Å². The van der Waals surface area contributed by atoms with Crippen molar-refractivity contribution in [2.24, 2.45) is 16.6 Å². The van der Waals surface area contributed by atoms with Gasteiger partial charge >= 0.3 is 18.2 Å². The van der Waals surface area contributed by atoms with E-state index in [9.17, 15) is 14.4 Å². The molecule has 0 saturated heterocycles. The fraction of sp³-hybridized carbons (Fsp3) is 0.688. The maximum absolute atomic E-state index is 13.3. The van der Waals surface area contributed by atoms with Crippen molar-refractivity contribution in [2.45, 2.75) is 129 Å². The van der Waals surface area contributed by atoms with E-state index < -0.39 is 46.7 Å². The molecule has 1 saturated carbocycles. The average molecular weight is 619 g/mol. The van der Waals surface area contributed by atoms with E-state index in [1.165, 1.54) is 6.92 Å². The first-order valence-electron chi connectivity index (χ1n) is 15.1. The van der Waals surface area contributed by atoms with Crippen LogP contribution < -0.4 is 21.3 Å². The van der Waals surface area contributed by atoms with Crippen LogP contribution in [0.25, 0.3) is 0 Å². The number of hydrogen-bond donors (Lipinski definition) is 3. The number of amides is 2. The Morgan fingerprint density at radius 1 is 0.909 bits per heavy atom. The van der Waals surface area contributed by atoms with Crippen molar-refractivity contribution in [2.75, 3.05) is 6.54 Å². The van der Waals surface area contributed by atoms with Gasteiger partial charge < -0.3 is 30.0 Å². The summed E-state index contributed by atoms with van der Waals surface area (Å²) in [7, 11) is 0. The second-order valence-electron chi connectivity index (χ2n) is 14.7. The smallest absolute Gasteiger partial charge is 0.431 e. The molecule has 0 radical (unpaired) electrons. The predicted molar refractivity (Wildman–Crippen MR) is 165 cm³/mol. The maximum atomic E-state index is 13.3. The number of carbonyl (C=O) groups excluding carboxylic acids is 3. The first kappa shape index (κ1) is 34.9. The number of esters is 1. The number of benzene rings is 1. The highest BCUT2D eigenvalue weighted by atomic mass is 16.7. The fourth-order valence-electron chi connectivity index (χ4n) is 4.79. The van der Waals surface area contributed by atoms with Crippen molar-refractivity contribution >= 4 is 24.0 Å². The third-order valence-corrected chi connectivity index (χ3v) is 6.93. The third-order valence-electron chi connectivity index (χ3n) is 6.93. The molecule has 1 fully saturated rings. The first-order valence-corrected chi connectivity index (χ1v) is 15.1. The second-order valence-corrected chi connectivity index (χ2v) is 14.7. The number of carbonyl (C=O) groups is 3. The van der Waals surface area contributed by atoms with E-state index in [4.69, 9.17) is 34.5 Å². The molecular weight excluding hydrogens is 568 g/mol. The zero-order chi connectivity index (χ0) is 33.1. The number of fused-ring (bicyclic) bond motifs is 1. The van der Waals surface area contributed by atoms with Gasteiger partial charge in [0, 0.05) is 12.1 Å². The van der Waals surface area contributed by atoms with E-state index in [0.717, 1.165) is 24.0 Å². The molecule has 2 aliphatic rings. The van der Waals surface area contributed by atoms with Crippen molar-refractivity contribution in [3.05, 3.63) is 29.3 Å². The van der Waals surface area contributed by atoms with E-state index in [-0.39, 0.29) is 6.04 Å². The zero-order valence-electron chi connectivity index (χ0n) is 27.8. The van der Waals surface area contributed by atoms with Crippen LogP contribution in [-0.2, 0) is 30.3 Å². The Bertz CT molecular complexity index is 1240. The van der Waals surface area contributed by atoms with Crippen LogP contribution in [0.2, 0.25) is 0 Å². The highest BCUT2D eigenvalue weighted by Crippen LogP contribution is 2.35. The standard InChI is InChI=1S/C32H50N4O8/c1-29(2,3)41-26(37)32(10,44-36-28(39)43-31(7,8)9)24-14-12-20-17-21(11-13-23(20)40-24)25(33)35-22-15-19(16-22)18-34-27(38)42-30(4,5)6/h11,13,17,19,22,24H,12,14-16,18H2,1-10H3,(H2,33,35)(H,34,38)(H,36,39)/t19?,22?,24-,32+/m1/s1. The minimum absolute atomic E-state index is 0.0845. The topological polar surface area (TPSA) is 160 Å². The molecule has 1 heterocycles. The SMILES string of the molecule is CC(C)(C)OC(=O)NCC1CC(N=C(N)c2ccc3c(c2)CC[C@H]([C@](C)(ONC(=O)OC(C)(C)C)C(=O)OC(C)(C)C)O3)C1. The summed E-state index contributed by atoms with van der Waals surface area (Å²) in [6, 6.07) is 5.64. The summed E-state index contributed by atoms with van der Waals surface area (Å²) >= 11 is 0. The van der Waals surface area contributed by atoms with Gasteiger partial charge in [0.25, 0.3) is 0 Å². The number of rotatable bonds is 8. The lowest BCUT2D eigenvalue weighted by molar-refractivity contribution is -0.205. The molecule has 1 aliphatic heterocycles. The molecule has 1 aromatic rings. The van der Waals surface area contributed by atoms with Crippen LogP contribution in [-0.4, -0.2) is 65.1 Å². The molecule has 4 N–H and O–H groups in total. The van der Waals surface area contributed by atoms with Crippen LogP contribution in [0.1, 0.15) is 99.6 Å². The predicted octanol–water partition coefficient (Wildman–Crippen LogP) is 4.95. The molecule has 3 rings (SSSR count). The molecule has 44 heavy (non-hydrogen) atoms. The van der Waals surface area contributed by atoms with Gasteiger partial charge in [-0.05, 0) is 125 Å². The number of hydrogen-bond acceptors (Lipinski definition) is 9. The maximum Gasteiger partial charge on any atom is 0.431 e. The average Bonchev–Trinajstić information content (AvgIpc) is 2.84. The first-order chi connectivity index (χ1) is 20.1. The van der Waals surface area contributed by atoms with Crippen LogP contribution in [0.4, 0.5) is 9.59 Å². The molecule has 0 spiro atoms. The molecule has 12 heteroatoms. The number of hydroxylamine groups is 1. The number of nitrogens with two attached hydrogens (primary N) is 1.